The topological polar surface area (TPSA) is 55.1 Å². The Labute approximate surface area is 133 Å². The van der Waals surface area contributed by atoms with Crippen molar-refractivity contribution in [3.05, 3.63) is 50.7 Å². The molecule has 0 aliphatic carbocycles. The summed E-state index contributed by atoms with van der Waals surface area (Å²) in [5, 5.41) is 4.94. The summed E-state index contributed by atoms with van der Waals surface area (Å²) in [5.41, 5.74) is 3.87. The quantitative estimate of drug-likeness (QED) is 0.793. The number of benzene rings is 1. The predicted molar refractivity (Wildman–Crippen MR) is 88.4 cm³/mol. The first-order valence-corrected chi connectivity index (χ1v) is 7.98. The van der Waals surface area contributed by atoms with Crippen LogP contribution in [0, 0.1) is 27.7 Å². The van der Waals surface area contributed by atoms with Gasteiger partial charge in [-0.05, 0) is 38.8 Å². The van der Waals surface area contributed by atoms with Gasteiger partial charge in [-0.3, -0.25) is 4.79 Å². The third-order valence-electron chi connectivity index (χ3n) is 3.78. The number of rotatable bonds is 3. The van der Waals surface area contributed by atoms with E-state index in [1.54, 1.807) is 17.5 Å². The van der Waals surface area contributed by atoms with Crippen LogP contribution in [0.5, 0.6) is 0 Å². The predicted octanol–water partition coefficient (Wildman–Crippen LogP) is 4.05. The zero-order valence-corrected chi connectivity index (χ0v) is 13.9. The van der Waals surface area contributed by atoms with Crippen LogP contribution >= 0.6 is 11.3 Å². The lowest BCUT2D eigenvalue weighted by Gasteiger charge is -2.01. The molecule has 5 heteroatoms. The van der Waals surface area contributed by atoms with E-state index < -0.39 is 0 Å². The number of amides is 1. The Bertz CT molecular complexity index is 861. The average Bonchev–Trinajstić information content (AvgIpc) is 3.05. The Balaban J connectivity index is 1.89. The first-order valence-electron chi connectivity index (χ1n) is 7.16. The van der Waals surface area contributed by atoms with E-state index in [4.69, 9.17) is 4.42 Å². The van der Waals surface area contributed by atoms with Crippen LogP contribution in [0.2, 0.25) is 0 Å². The Hall–Kier alpha value is -2.14. The molecule has 2 aromatic heterocycles. The molecule has 0 spiro atoms. The molecule has 0 unspecified atom stereocenters. The molecule has 4 nitrogen and oxygen atoms in total. The maximum absolute atomic E-state index is 12.4. The highest BCUT2D eigenvalue weighted by Crippen LogP contribution is 2.30. The number of nitrogens with zero attached hydrogens (tertiary/aromatic N) is 1. The van der Waals surface area contributed by atoms with E-state index in [0.29, 0.717) is 12.3 Å². The lowest BCUT2D eigenvalue weighted by Crippen LogP contribution is -2.22. The highest BCUT2D eigenvalue weighted by molar-refractivity contribution is 7.11. The minimum atomic E-state index is -0.182. The molecule has 1 amide bonds. The molecule has 1 aromatic carbocycles. The van der Waals surface area contributed by atoms with E-state index in [-0.39, 0.29) is 5.91 Å². The highest BCUT2D eigenvalue weighted by atomic mass is 32.1. The Kier molecular flexibility index (Phi) is 3.74. The summed E-state index contributed by atoms with van der Waals surface area (Å²) in [6, 6.07) is 4.07. The molecular weight excluding hydrogens is 296 g/mol. The number of furan rings is 1. The van der Waals surface area contributed by atoms with Crippen molar-refractivity contribution in [1.82, 2.24) is 10.3 Å². The van der Waals surface area contributed by atoms with E-state index in [2.05, 4.69) is 16.4 Å². The van der Waals surface area contributed by atoms with Crippen molar-refractivity contribution < 1.29 is 9.21 Å². The van der Waals surface area contributed by atoms with E-state index in [0.717, 1.165) is 37.5 Å². The van der Waals surface area contributed by atoms with Crippen LogP contribution in [0.4, 0.5) is 0 Å². The summed E-state index contributed by atoms with van der Waals surface area (Å²) in [5.74, 6) is 0.215. The van der Waals surface area contributed by atoms with E-state index >= 15 is 0 Å². The van der Waals surface area contributed by atoms with Crippen molar-refractivity contribution in [2.45, 2.75) is 34.2 Å². The van der Waals surface area contributed by atoms with E-state index in [1.165, 1.54) is 0 Å². The third-order valence-corrected chi connectivity index (χ3v) is 4.69. The fourth-order valence-electron chi connectivity index (χ4n) is 2.63. The van der Waals surface area contributed by atoms with Crippen molar-refractivity contribution >= 4 is 28.2 Å². The van der Waals surface area contributed by atoms with Crippen molar-refractivity contribution in [2.24, 2.45) is 0 Å². The second kappa shape index (κ2) is 5.57. The van der Waals surface area contributed by atoms with Gasteiger partial charge in [0.25, 0.3) is 5.91 Å². The normalized spacial score (nSPS) is 11.1. The smallest absolute Gasteiger partial charge is 0.287 e. The standard InChI is InChI=1S/C17H18N2O2S/c1-9-5-6-10(2)15-14(9)11(3)16(21-15)17(20)19-8-13-7-18-12(4)22-13/h5-7H,8H2,1-4H3,(H,19,20). The van der Waals surface area contributed by atoms with Gasteiger partial charge in [0.05, 0.1) is 11.6 Å². The number of aryl methyl sites for hydroxylation is 4. The zero-order valence-electron chi connectivity index (χ0n) is 13.1. The lowest BCUT2D eigenvalue weighted by atomic mass is 10.0. The number of aromatic nitrogens is 1. The molecule has 22 heavy (non-hydrogen) atoms. The molecule has 0 saturated heterocycles. The number of carbonyl (C=O) groups is 1. The fourth-order valence-corrected chi connectivity index (χ4v) is 3.36. The van der Waals surface area contributed by atoms with Gasteiger partial charge in [0.2, 0.25) is 0 Å². The molecule has 3 rings (SSSR count). The summed E-state index contributed by atoms with van der Waals surface area (Å²) in [7, 11) is 0. The van der Waals surface area contributed by atoms with Gasteiger partial charge in [-0.1, -0.05) is 12.1 Å². The minimum Gasteiger partial charge on any atom is -0.450 e. The molecule has 1 N–H and O–H groups in total. The number of hydrogen-bond acceptors (Lipinski definition) is 4. The molecule has 0 radical (unpaired) electrons. The molecule has 0 aliphatic rings. The maximum atomic E-state index is 12.4. The second-order valence-corrected chi connectivity index (χ2v) is 6.81. The molecule has 0 aliphatic heterocycles. The zero-order chi connectivity index (χ0) is 15.9. The van der Waals surface area contributed by atoms with Gasteiger partial charge in [-0.2, -0.15) is 0 Å². The van der Waals surface area contributed by atoms with Crippen LogP contribution < -0.4 is 5.32 Å². The number of fused-ring (bicyclic) bond motifs is 1. The summed E-state index contributed by atoms with van der Waals surface area (Å²) in [6.45, 7) is 8.38. The second-order valence-electron chi connectivity index (χ2n) is 5.49. The summed E-state index contributed by atoms with van der Waals surface area (Å²) < 4.78 is 5.84. The lowest BCUT2D eigenvalue weighted by molar-refractivity contribution is 0.0925. The van der Waals surface area contributed by atoms with Gasteiger partial charge < -0.3 is 9.73 Å². The molecule has 0 bridgehead atoms. The van der Waals surface area contributed by atoms with Gasteiger partial charge in [-0.25, -0.2) is 4.98 Å². The van der Waals surface area contributed by atoms with E-state index in [1.807, 2.05) is 33.8 Å². The van der Waals surface area contributed by atoms with Crippen molar-refractivity contribution in [2.75, 3.05) is 0 Å². The molecular formula is C17H18N2O2S. The number of nitrogens with one attached hydrogen (secondary N) is 1. The van der Waals surface area contributed by atoms with Crippen molar-refractivity contribution in [1.29, 1.82) is 0 Å². The monoisotopic (exact) mass is 314 g/mol. The molecule has 0 atom stereocenters. The van der Waals surface area contributed by atoms with Crippen molar-refractivity contribution in [3.8, 4) is 0 Å². The Morgan fingerprint density at radius 1 is 1.23 bits per heavy atom. The van der Waals surface area contributed by atoms with E-state index in [9.17, 15) is 4.79 Å². The molecule has 3 aromatic rings. The van der Waals surface area contributed by atoms with Gasteiger partial charge in [-0.15, -0.1) is 11.3 Å². The van der Waals surface area contributed by atoms with Crippen LogP contribution in [0.25, 0.3) is 11.0 Å². The molecule has 0 fully saturated rings. The van der Waals surface area contributed by atoms with Crippen LogP contribution in [0.15, 0.2) is 22.7 Å². The van der Waals surface area contributed by atoms with Crippen LogP contribution in [0.3, 0.4) is 0 Å². The van der Waals surface area contributed by atoms with Crippen LogP contribution in [-0.2, 0) is 6.54 Å². The first kappa shape index (κ1) is 14.8. The molecule has 0 saturated carbocycles. The number of carbonyl (C=O) groups excluding carboxylic acids is 1. The van der Waals surface area contributed by atoms with Crippen LogP contribution in [-0.4, -0.2) is 10.9 Å². The van der Waals surface area contributed by atoms with Crippen LogP contribution in [0.1, 0.15) is 37.1 Å². The average molecular weight is 314 g/mol. The van der Waals surface area contributed by atoms with Gasteiger partial charge in [0.15, 0.2) is 5.76 Å². The Morgan fingerprint density at radius 2 is 1.95 bits per heavy atom. The maximum Gasteiger partial charge on any atom is 0.287 e. The number of thiazole rings is 1. The summed E-state index contributed by atoms with van der Waals surface area (Å²) in [4.78, 5) is 17.6. The van der Waals surface area contributed by atoms with Crippen molar-refractivity contribution in [3.63, 3.8) is 0 Å². The summed E-state index contributed by atoms with van der Waals surface area (Å²) in [6.07, 6.45) is 1.79. The van der Waals surface area contributed by atoms with Gasteiger partial charge in [0.1, 0.15) is 5.58 Å². The number of hydrogen-bond donors (Lipinski definition) is 1. The minimum absolute atomic E-state index is 0.182. The fraction of sp³-hybridized carbons (Fsp3) is 0.294. The Morgan fingerprint density at radius 3 is 2.59 bits per heavy atom. The molecule has 114 valence electrons. The van der Waals surface area contributed by atoms with Gasteiger partial charge >= 0.3 is 0 Å². The largest absolute Gasteiger partial charge is 0.450 e. The third kappa shape index (κ3) is 2.52. The SMILES string of the molecule is Cc1ncc(CNC(=O)c2oc3c(C)ccc(C)c3c2C)s1. The van der Waals surface area contributed by atoms with Gasteiger partial charge in [0, 0.05) is 22.0 Å². The highest BCUT2D eigenvalue weighted by Gasteiger charge is 2.19. The molecule has 2 heterocycles. The summed E-state index contributed by atoms with van der Waals surface area (Å²) >= 11 is 1.58. The first-order chi connectivity index (χ1) is 10.5.